The minimum Gasteiger partial charge on any atom is -0.368 e. The Hall–Kier alpha value is -3.70. The lowest BCUT2D eigenvalue weighted by atomic mass is 10.1. The molecule has 0 aliphatic carbocycles. The molecule has 1 fully saturated rings. The first-order chi connectivity index (χ1) is 16.8. The molecule has 1 N–H and O–H groups in total. The fourth-order valence-electron chi connectivity index (χ4n) is 4.13. The molecule has 1 saturated heterocycles. The molecule has 0 radical (unpaired) electrons. The molecular formula is C24H28N8O2S. The number of hydrogen-bond donors (Lipinski definition) is 1. The van der Waals surface area contributed by atoms with Crippen LogP contribution in [0.3, 0.4) is 0 Å². The van der Waals surface area contributed by atoms with E-state index in [0.29, 0.717) is 17.5 Å². The van der Waals surface area contributed by atoms with Crippen molar-refractivity contribution in [3.63, 3.8) is 0 Å². The van der Waals surface area contributed by atoms with Crippen LogP contribution in [0.15, 0.2) is 60.9 Å². The second kappa shape index (κ2) is 9.16. The normalized spacial score (nSPS) is 14.9. The average Bonchev–Trinajstić information content (AvgIpc) is 3.27. The van der Waals surface area contributed by atoms with Gasteiger partial charge in [-0.15, -0.1) is 5.10 Å². The van der Waals surface area contributed by atoms with Crippen molar-refractivity contribution >= 4 is 38.7 Å². The highest BCUT2D eigenvalue weighted by Gasteiger charge is 2.19. The van der Waals surface area contributed by atoms with Gasteiger partial charge in [0.2, 0.25) is 16.0 Å². The third-order valence-corrected chi connectivity index (χ3v) is 7.46. The summed E-state index contributed by atoms with van der Waals surface area (Å²) in [4.78, 5) is 13.6. The molecular weight excluding hydrogens is 464 g/mol. The molecule has 0 spiro atoms. The smallest absolute Gasteiger partial charge is 0.246 e. The molecule has 5 rings (SSSR count). The van der Waals surface area contributed by atoms with Crippen molar-refractivity contribution in [3.05, 3.63) is 60.9 Å². The fourth-order valence-corrected chi connectivity index (χ4v) is 4.65. The van der Waals surface area contributed by atoms with Crippen LogP contribution >= 0.6 is 0 Å². The maximum atomic E-state index is 12.2. The quantitative estimate of drug-likeness (QED) is 0.439. The standard InChI is InChI=1S/C24H28N8O2S/c1-29-12-14-31(15-13-29)18-9-11-23(25-16-18)27-24-26-17-19-8-10-22(32(19)28-24)20-6-4-5-7-21(20)30(2)35(3,33)34/h4-11,16-17H,12-15H2,1-3H3,(H,25,27,28). The van der Waals surface area contributed by atoms with Gasteiger partial charge in [0.1, 0.15) is 5.82 Å². The van der Waals surface area contributed by atoms with Crippen LogP contribution in [-0.2, 0) is 10.0 Å². The SMILES string of the molecule is CN1CCN(c2ccc(Nc3ncc4ccc(-c5ccccc5N(C)S(C)(=O)=O)n4n3)nc2)CC1. The van der Waals surface area contributed by atoms with Gasteiger partial charge in [-0.1, -0.05) is 18.2 Å². The molecule has 3 aromatic heterocycles. The van der Waals surface area contributed by atoms with E-state index < -0.39 is 10.0 Å². The van der Waals surface area contributed by atoms with Crippen molar-refractivity contribution in [2.75, 3.05) is 61.1 Å². The monoisotopic (exact) mass is 492 g/mol. The molecule has 0 amide bonds. The zero-order valence-electron chi connectivity index (χ0n) is 20.0. The number of anilines is 4. The summed E-state index contributed by atoms with van der Waals surface area (Å²) in [6.07, 6.45) is 4.77. The van der Waals surface area contributed by atoms with Gasteiger partial charge in [-0.05, 0) is 37.4 Å². The van der Waals surface area contributed by atoms with Gasteiger partial charge in [-0.2, -0.15) is 0 Å². The predicted octanol–water partition coefficient (Wildman–Crippen LogP) is 2.68. The van der Waals surface area contributed by atoms with Crippen LogP contribution in [-0.4, -0.2) is 79.4 Å². The number of hydrogen-bond acceptors (Lipinski definition) is 8. The van der Waals surface area contributed by atoms with E-state index in [1.807, 2.05) is 42.6 Å². The van der Waals surface area contributed by atoms with E-state index in [-0.39, 0.29) is 0 Å². The lowest BCUT2D eigenvalue weighted by Gasteiger charge is -2.33. The Labute approximate surface area is 204 Å². The number of para-hydroxylation sites is 1. The van der Waals surface area contributed by atoms with Crippen LogP contribution in [0.2, 0.25) is 0 Å². The van der Waals surface area contributed by atoms with E-state index >= 15 is 0 Å². The highest BCUT2D eigenvalue weighted by Crippen LogP contribution is 2.32. The van der Waals surface area contributed by atoms with Crippen molar-refractivity contribution in [2.24, 2.45) is 0 Å². The number of nitrogens with one attached hydrogen (secondary N) is 1. The molecule has 0 saturated carbocycles. The highest BCUT2D eigenvalue weighted by atomic mass is 32.2. The van der Waals surface area contributed by atoms with Gasteiger partial charge in [0, 0.05) is 38.8 Å². The fraction of sp³-hybridized carbons (Fsp3) is 0.292. The maximum absolute atomic E-state index is 12.2. The molecule has 4 aromatic rings. The number of pyridine rings is 1. The minimum atomic E-state index is -3.42. The lowest BCUT2D eigenvalue weighted by Crippen LogP contribution is -2.44. The molecule has 1 aromatic carbocycles. The first-order valence-corrected chi connectivity index (χ1v) is 13.2. The average molecular weight is 493 g/mol. The van der Waals surface area contributed by atoms with E-state index in [9.17, 15) is 8.42 Å². The number of benzene rings is 1. The topological polar surface area (TPSA) is 99.0 Å². The summed E-state index contributed by atoms with van der Waals surface area (Å²) < 4.78 is 27.4. The number of piperazine rings is 1. The third kappa shape index (κ3) is 4.77. The zero-order valence-corrected chi connectivity index (χ0v) is 20.8. The van der Waals surface area contributed by atoms with Gasteiger partial charge in [0.25, 0.3) is 0 Å². The third-order valence-electron chi connectivity index (χ3n) is 6.27. The number of likely N-dealkylation sites (N-methyl/N-ethyl adjacent to an activating group) is 1. The first kappa shape index (κ1) is 23.1. The molecule has 0 unspecified atom stereocenters. The van der Waals surface area contributed by atoms with Gasteiger partial charge >= 0.3 is 0 Å². The number of rotatable bonds is 6. The summed E-state index contributed by atoms with van der Waals surface area (Å²) in [5.74, 6) is 1.04. The molecule has 0 atom stereocenters. The maximum Gasteiger partial charge on any atom is 0.246 e. The van der Waals surface area contributed by atoms with E-state index in [4.69, 9.17) is 0 Å². The van der Waals surface area contributed by atoms with Crippen molar-refractivity contribution in [1.29, 1.82) is 0 Å². The lowest BCUT2D eigenvalue weighted by molar-refractivity contribution is 0.313. The van der Waals surface area contributed by atoms with Crippen molar-refractivity contribution in [1.82, 2.24) is 24.5 Å². The molecule has 1 aliphatic rings. The Morgan fingerprint density at radius 3 is 2.43 bits per heavy atom. The van der Waals surface area contributed by atoms with Crippen LogP contribution in [0.25, 0.3) is 16.8 Å². The second-order valence-electron chi connectivity index (χ2n) is 8.70. The Kier molecular flexibility index (Phi) is 6.03. The summed E-state index contributed by atoms with van der Waals surface area (Å²) in [5, 5.41) is 7.84. The predicted molar refractivity (Wildman–Crippen MR) is 139 cm³/mol. The Morgan fingerprint density at radius 2 is 1.71 bits per heavy atom. The first-order valence-electron chi connectivity index (χ1n) is 11.3. The number of nitrogens with zero attached hydrogens (tertiary/aromatic N) is 7. The van der Waals surface area contributed by atoms with Gasteiger partial charge in [-0.3, -0.25) is 4.31 Å². The van der Waals surface area contributed by atoms with E-state index in [0.717, 1.165) is 48.6 Å². The molecule has 11 heteroatoms. The second-order valence-corrected chi connectivity index (χ2v) is 10.7. The van der Waals surface area contributed by atoms with Gasteiger partial charge in [-0.25, -0.2) is 22.9 Å². The van der Waals surface area contributed by atoms with Crippen LogP contribution < -0.4 is 14.5 Å². The van der Waals surface area contributed by atoms with Crippen LogP contribution in [0.4, 0.5) is 23.1 Å². The summed E-state index contributed by atoms with van der Waals surface area (Å²) in [6, 6.07) is 15.1. The van der Waals surface area contributed by atoms with E-state index in [1.54, 1.807) is 23.8 Å². The molecule has 4 heterocycles. The summed E-state index contributed by atoms with van der Waals surface area (Å²) >= 11 is 0. The Balaban J connectivity index is 1.42. The summed E-state index contributed by atoms with van der Waals surface area (Å²) in [7, 11) is 0.261. The van der Waals surface area contributed by atoms with E-state index in [2.05, 4.69) is 43.3 Å². The molecule has 10 nitrogen and oxygen atoms in total. The highest BCUT2D eigenvalue weighted by molar-refractivity contribution is 7.92. The molecule has 1 aliphatic heterocycles. The van der Waals surface area contributed by atoms with Crippen molar-refractivity contribution < 1.29 is 8.42 Å². The molecule has 35 heavy (non-hydrogen) atoms. The van der Waals surface area contributed by atoms with E-state index in [1.165, 1.54) is 10.6 Å². The van der Waals surface area contributed by atoms with Gasteiger partial charge in [0.05, 0.1) is 41.2 Å². The van der Waals surface area contributed by atoms with Gasteiger partial charge in [0.15, 0.2) is 0 Å². The summed E-state index contributed by atoms with van der Waals surface area (Å²) in [5.41, 5.74) is 3.97. The van der Waals surface area contributed by atoms with Crippen molar-refractivity contribution in [2.45, 2.75) is 0 Å². The van der Waals surface area contributed by atoms with Gasteiger partial charge < -0.3 is 15.1 Å². The van der Waals surface area contributed by atoms with Crippen LogP contribution in [0, 0.1) is 0 Å². The van der Waals surface area contributed by atoms with Crippen LogP contribution in [0.1, 0.15) is 0 Å². The number of fused-ring (bicyclic) bond motifs is 1. The van der Waals surface area contributed by atoms with Crippen LogP contribution in [0.5, 0.6) is 0 Å². The largest absolute Gasteiger partial charge is 0.368 e. The number of sulfonamides is 1. The van der Waals surface area contributed by atoms with Crippen molar-refractivity contribution in [3.8, 4) is 11.3 Å². The Morgan fingerprint density at radius 1 is 0.943 bits per heavy atom. The zero-order chi connectivity index (χ0) is 24.6. The summed E-state index contributed by atoms with van der Waals surface area (Å²) in [6.45, 7) is 4.04. The Bertz CT molecular complexity index is 1440. The molecule has 0 bridgehead atoms. The molecule has 182 valence electrons. The minimum absolute atomic E-state index is 0.392. The number of aromatic nitrogens is 4.